The van der Waals surface area contributed by atoms with Crippen LogP contribution in [-0.2, 0) is 24.5 Å². The van der Waals surface area contributed by atoms with Gasteiger partial charge in [0.1, 0.15) is 23.9 Å². The van der Waals surface area contributed by atoms with E-state index in [2.05, 4.69) is 5.32 Å². The van der Waals surface area contributed by atoms with Gasteiger partial charge in [-0.3, -0.25) is 0 Å². The summed E-state index contributed by atoms with van der Waals surface area (Å²) in [7, 11) is 3.56. The largest absolute Gasteiger partial charge is 0.497 e. The summed E-state index contributed by atoms with van der Waals surface area (Å²) < 4.78 is 16.5. The predicted octanol–water partition coefficient (Wildman–Crippen LogP) is 3.03. The van der Waals surface area contributed by atoms with Crippen molar-refractivity contribution in [3.63, 3.8) is 0 Å². The van der Waals surface area contributed by atoms with Crippen LogP contribution in [0.5, 0.6) is 5.75 Å². The molecule has 0 radical (unpaired) electrons. The summed E-state index contributed by atoms with van der Waals surface area (Å²) >= 11 is 0. The highest BCUT2D eigenvalue weighted by atomic mass is 16.5. The third-order valence-corrected chi connectivity index (χ3v) is 3.08. The van der Waals surface area contributed by atoms with Crippen molar-refractivity contribution in [1.82, 2.24) is 5.32 Å². The second kappa shape index (κ2) is 7.12. The number of furan rings is 1. The lowest BCUT2D eigenvalue weighted by Crippen LogP contribution is -2.04. The van der Waals surface area contributed by atoms with Crippen molar-refractivity contribution in [2.75, 3.05) is 14.2 Å². The first-order valence-corrected chi connectivity index (χ1v) is 6.66. The Morgan fingerprint density at radius 2 is 1.90 bits per heavy atom. The summed E-state index contributed by atoms with van der Waals surface area (Å²) in [6.45, 7) is 3.83. The second-order valence-corrected chi connectivity index (χ2v) is 4.69. The van der Waals surface area contributed by atoms with Gasteiger partial charge in [-0.1, -0.05) is 12.1 Å². The molecule has 4 heteroatoms. The first-order valence-electron chi connectivity index (χ1n) is 6.66. The first kappa shape index (κ1) is 14.6. The van der Waals surface area contributed by atoms with Gasteiger partial charge in [-0.05, 0) is 43.3 Å². The summed E-state index contributed by atoms with van der Waals surface area (Å²) in [4.78, 5) is 0. The third kappa shape index (κ3) is 3.85. The van der Waals surface area contributed by atoms with Gasteiger partial charge < -0.3 is 19.2 Å². The minimum atomic E-state index is 0.483. The summed E-state index contributed by atoms with van der Waals surface area (Å²) in [5.41, 5.74) is 2.27. The van der Waals surface area contributed by atoms with Gasteiger partial charge in [0.15, 0.2) is 0 Å². The molecule has 0 saturated heterocycles. The number of ether oxygens (including phenoxy) is 2. The van der Waals surface area contributed by atoms with Crippen molar-refractivity contribution >= 4 is 0 Å². The molecular formula is C16H21NO3. The van der Waals surface area contributed by atoms with Gasteiger partial charge in [-0.2, -0.15) is 0 Å². The molecule has 1 N–H and O–H groups in total. The van der Waals surface area contributed by atoms with Crippen LogP contribution >= 0.6 is 0 Å². The quantitative estimate of drug-likeness (QED) is 0.843. The maximum atomic E-state index is 5.72. The van der Waals surface area contributed by atoms with Gasteiger partial charge in [0.05, 0.1) is 20.3 Å². The molecule has 0 atom stereocenters. The predicted molar refractivity (Wildman–Crippen MR) is 77.7 cm³/mol. The fourth-order valence-corrected chi connectivity index (χ4v) is 1.99. The van der Waals surface area contributed by atoms with E-state index in [0.717, 1.165) is 34.9 Å². The average Bonchev–Trinajstić information content (AvgIpc) is 2.80. The Hall–Kier alpha value is -1.78. The van der Waals surface area contributed by atoms with E-state index in [-0.39, 0.29) is 0 Å². The van der Waals surface area contributed by atoms with Gasteiger partial charge in [-0.15, -0.1) is 0 Å². The fraction of sp³-hybridized carbons (Fsp3) is 0.375. The van der Waals surface area contributed by atoms with Crippen molar-refractivity contribution in [1.29, 1.82) is 0 Å². The smallest absolute Gasteiger partial charge is 0.130 e. The molecule has 0 spiro atoms. The number of hydrogen-bond donors (Lipinski definition) is 1. The Kier molecular flexibility index (Phi) is 5.21. The minimum Gasteiger partial charge on any atom is -0.497 e. The number of aryl methyl sites for hydroxylation is 1. The summed E-state index contributed by atoms with van der Waals surface area (Å²) in [5, 5.41) is 3.08. The fourth-order valence-electron chi connectivity index (χ4n) is 1.99. The van der Waals surface area contributed by atoms with Gasteiger partial charge >= 0.3 is 0 Å². The normalized spacial score (nSPS) is 10.8. The van der Waals surface area contributed by atoms with E-state index >= 15 is 0 Å². The summed E-state index contributed by atoms with van der Waals surface area (Å²) in [6.07, 6.45) is 0. The topological polar surface area (TPSA) is 43.6 Å². The van der Waals surface area contributed by atoms with Gasteiger partial charge in [0.25, 0.3) is 0 Å². The van der Waals surface area contributed by atoms with Crippen molar-refractivity contribution in [2.24, 2.45) is 0 Å². The molecule has 0 aliphatic rings. The molecule has 0 aliphatic heterocycles. The molecule has 0 saturated carbocycles. The number of benzene rings is 1. The Labute approximate surface area is 119 Å². The first-order chi connectivity index (χ1) is 9.72. The Bertz CT molecular complexity index is 531. The van der Waals surface area contributed by atoms with E-state index in [9.17, 15) is 0 Å². The molecule has 0 fully saturated rings. The van der Waals surface area contributed by atoms with Crippen LogP contribution in [-0.4, -0.2) is 14.2 Å². The molecule has 4 nitrogen and oxygen atoms in total. The van der Waals surface area contributed by atoms with Crippen LogP contribution in [0.1, 0.15) is 22.6 Å². The van der Waals surface area contributed by atoms with E-state index in [1.807, 2.05) is 44.3 Å². The van der Waals surface area contributed by atoms with Crippen LogP contribution in [0.4, 0.5) is 0 Å². The lowest BCUT2D eigenvalue weighted by molar-refractivity contribution is 0.0920. The number of rotatable bonds is 7. The number of nitrogens with one attached hydrogen (secondary N) is 1. The molecule has 2 aromatic rings. The van der Waals surface area contributed by atoms with Crippen LogP contribution in [0.15, 0.2) is 34.7 Å². The maximum absolute atomic E-state index is 5.72. The molecule has 108 valence electrons. The van der Waals surface area contributed by atoms with Crippen molar-refractivity contribution < 1.29 is 13.9 Å². The standard InChI is InChI=1S/C16H21NO3/c1-12-8-15(20-16(12)9-17-2)11-19-10-13-4-6-14(18-3)7-5-13/h4-8,17H,9-11H2,1-3H3. The van der Waals surface area contributed by atoms with E-state index in [1.54, 1.807) is 7.11 Å². The highest BCUT2D eigenvalue weighted by Gasteiger charge is 2.06. The second-order valence-electron chi connectivity index (χ2n) is 4.69. The Morgan fingerprint density at radius 3 is 2.55 bits per heavy atom. The van der Waals surface area contributed by atoms with Crippen molar-refractivity contribution in [3.8, 4) is 5.75 Å². The monoisotopic (exact) mass is 275 g/mol. The molecule has 2 rings (SSSR count). The molecule has 1 heterocycles. The lowest BCUT2D eigenvalue weighted by atomic mass is 10.2. The minimum absolute atomic E-state index is 0.483. The molecule has 1 aromatic carbocycles. The third-order valence-electron chi connectivity index (χ3n) is 3.08. The maximum Gasteiger partial charge on any atom is 0.130 e. The van der Waals surface area contributed by atoms with E-state index in [4.69, 9.17) is 13.9 Å². The molecule has 0 aliphatic carbocycles. The van der Waals surface area contributed by atoms with Crippen LogP contribution in [0.2, 0.25) is 0 Å². The lowest BCUT2D eigenvalue weighted by Gasteiger charge is -2.04. The van der Waals surface area contributed by atoms with Crippen molar-refractivity contribution in [3.05, 3.63) is 53.0 Å². The molecule has 0 unspecified atom stereocenters. The summed E-state index contributed by atoms with van der Waals surface area (Å²) in [6, 6.07) is 9.89. The highest BCUT2D eigenvalue weighted by molar-refractivity contribution is 5.26. The van der Waals surface area contributed by atoms with E-state index in [0.29, 0.717) is 13.2 Å². The molecule has 0 amide bonds. The SMILES string of the molecule is CNCc1oc(COCc2ccc(OC)cc2)cc1C. The van der Waals surface area contributed by atoms with Gasteiger partial charge in [-0.25, -0.2) is 0 Å². The molecule has 0 bridgehead atoms. The van der Waals surface area contributed by atoms with Crippen LogP contribution in [0.3, 0.4) is 0 Å². The molecular weight excluding hydrogens is 254 g/mol. The van der Waals surface area contributed by atoms with Crippen molar-refractivity contribution in [2.45, 2.75) is 26.7 Å². The Morgan fingerprint density at radius 1 is 1.15 bits per heavy atom. The van der Waals surface area contributed by atoms with Crippen LogP contribution < -0.4 is 10.1 Å². The van der Waals surface area contributed by atoms with Crippen LogP contribution in [0.25, 0.3) is 0 Å². The Balaban J connectivity index is 1.84. The zero-order chi connectivity index (χ0) is 14.4. The summed E-state index contributed by atoms with van der Waals surface area (Å²) in [5.74, 6) is 2.68. The average molecular weight is 275 g/mol. The van der Waals surface area contributed by atoms with Gasteiger partial charge in [0, 0.05) is 0 Å². The zero-order valence-corrected chi connectivity index (χ0v) is 12.2. The van der Waals surface area contributed by atoms with Gasteiger partial charge in [0.2, 0.25) is 0 Å². The zero-order valence-electron chi connectivity index (χ0n) is 12.2. The van der Waals surface area contributed by atoms with Crippen LogP contribution in [0, 0.1) is 6.92 Å². The number of hydrogen-bond acceptors (Lipinski definition) is 4. The molecule has 1 aromatic heterocycles. The van der Waals surface area contributed by atoms with E-state index in [1.165, 1.54) is 0 Å². The molecule has 20 heavy (non-hydrogen) atoms. The number of methoxy groups -OCH3 is 1. The van der Waals surface area contributed by atoms with E-state index < -0.39 is 0 Å². The highest BCUT2D eigenvalue weighted by Crippen LogP contribution is 2.16.